The molecule has 0 saturated carbocycles. The van der Waals surface area contributed by atoms with Crippen LogP contribution in [0, 0.1) is 10.1 Å². The lowest BCUT2D eigenvalue weighted by molar-refractivity contribution is -0.384. The van der Waals surface area contributed by atoms with Crippen LogP contribution in [-0.2, 0) is 6.61 Å². The van der Waals surface area contributed by atoms with E-state index in [2.05, 4.69) is 5.16 Å². The van der Waals surface area contributed by atoms with Gasteiger partial charge in [-0.1, -0.05) is 5.16 Å². The zero-order valence-corrected chi connectivity index (χ0v) is 8.16. The Morgan fingerprint density at radius 2 is 2.06 bits per heavy atom. The molecule has 1 heterocycles. The average molecular weight is 220 g/mol. The minimum absolute atomic E-state index is 0.0118. The van der Waals surface area contributed by atoms with Gasteiger partial charge in [-0.15, -0.1) is 0 Å². The highest BCUT2D eigenvalue weighted by molar-refractivity contribution is 5.63. The zero-order valence-electron chi connectivity index (χ0n) is 8.16. The second kappa shape index (κ2) is 4.11. The number of rotatable bonds is 3. The number of benzene rings is 1. The van der Waals surface area contributed by atoms with Crippen molar-refractivity contribution in [2.75, 3.05) is 0 Å². The third-order valence-electron chi connectivity index (χ3n) is 2.17. The summed E-state index contributed by atoms with van der Waals surface area (Å²) in [7, 11) is 0. The van der Waals surface area contributed by atoms with Gasteiger partial charge in [-0.3, -0.25) is 10.1 Å². The van der Waals surface area contributed by atoms with E-state index in [4.69, 9.17) is 9.63 Å². The van der Waals surface area contributed by atoms with Crippen molar-refractivity contribution < 1.29 is 14.6 Å². The molecule has 0 atom stereocenters. The van der Waals surface area contributed by atoms with Gasteiger partial charge in [0.2, 0.25) is 0 Å². The molecule has 0 amide bonds. The summed E-state index contributed by atoms with van der Waals surface area (Å²) in [5, 5.41) is 23.2. The lowest BCUT2D eigenvalue weighted by Crippen LogP contribution is -1.89. The molecule has 1 N–H and O–H groups in total. The number of non-ortho nitro benzene ring substituents is 1. The summed E-state index contributed by atoms with van der Waals surface area (Å²) in [5.74, 6) is 0. The van der Waals surface area contributed by atoms with Crippen molar-refractivity contribution >= 4 is 5.69 Å². The van der Waals surface area contributed by atoms with Crippen LogP contribution in [0.15, 0.2) is 35.1 Å². The lowest BCUT2D eigenvalue weighted by Gasteiger charge is -1.97. The number of nitro groups is 1. The fourth-order valence-corrected chi connectivity index (χ4v) is 1.35. The Bertz CT molecular complexity index is 504. The largest absolute Gasteiger partial charge is 0.391 e. The normalized spacial score (nSPS) is 10.3. The molecule has 0 bridgehead atoms. The summed E-state index contributed by atoms with van der Waals surface area (Å²) in [4.78, 5) is 9.98. The van der Waals surface area contributed by atoms with E-state index < -0.39 is 4.92 Å². The summed E-state index contributed by atoms with van der Waals surface area (Å²) in [5.41, 5.74) is 1.73. The molecular weight excluding hydrogens is 212 g/mol. The molecule has 0 unspecified atom stereocenters. The summed E-state index contributed by atoms with van der Waals surface area (Å²) in [6.07, 6.45) is 1.34. The molecule has 0 aliphatic heterocycles. The van der Waals surface area contributed by atoms with Crippen molar-refractivity contribution in [2.45, 2.75) is 6.61 Å². The third-order valence-corrected chi connectivity index (χ3v) is 2.17. The van der Waals surface area contributed by atoms with Crippen LogP contribution in [0.2, 0.25) is 0 Å². The minimum Gasteiger partial charge on any atom is -0.391 e. The number of aliphatic hydroxyl groups is 1. The molecule has 6 nitrogen and oxygen atoms in total. The first-order valence-corrected chi connectivity index (χ1v) is 4.51. The van der Waals surface area contributed by atoms with Gasteiger partial charge in [0.1, 0.15) is 12.0 Å². The van der Waals surface area contributed by atoms with Crippen LogP contribution in [-0.4, -0.2) is 15.2 Å². The quantitative estimate of drug-likeness (QED) is 0.628. The van der Waals surface area contributed by atoms with E-state index in [-0.39, 0.29) is 12.3 Å². The molecule has 1 aromatic carbocycles. The van der Waals surface area contributed by atoms with Crippen LogP contribution in [0.3, 0.4) is 0 Å². The number of hydrogen-bond acceptors (Lipinski definition) is 5. The van der Waals surface area contributed by atoms with Crippen molar-refractivity contribution in [3.05, 3.63) is 46.2 Å². The molecule has 0 fully saturated rings. The van der Waals surface area contributed by atoms with Gasteiger partial charge < -0.3 is 9.63 Å². The highest BCUT2D eigenvalue weighted by Gasteiger charge is 2.11. The van der Waals surface area contributed by atoms with Crippen molar-refractivity contribution in [1.82, 2.24) is 5.16 Å². The van der Waals surface area contributed by atoms with E-state index in [9.17, 15) is 10.1 Å². The van der Waals surface area contributed by atoms with Gasteiger partial charge in [-0.25, -0.2) is 0 Å². The topological polar surface area (TPSA) is 89.4 Å². The van der Waals surface area contributed by atoms with Crippen molar-refractivity contribution in [1.29, 1.82) is 0 Å². The van der Waals surface area contributed by atoms with Gasteiger partial charge in [0.05, 0.1) is 11.5 Å². The van der Waals surface area contributed by atoms with Crippen molar-refractivity contribution in [3.63, 3.8) is 0 Å². The van der Waals surface area contributed by atoms with Gasteiger partial charge >= 0.3 is 0 Å². The molecule has 2 rings (SSSR count). The van der Waals surface area contributed by atoms with Crippen molar-refractivity contribution in [2.24, 2.45) is 0 Å². The molecule has 6 heteroatoms. The summed E-state index contributed by atoms with van der Waals surface area (Å²) in [6, 6.07) is 5.89. The Kier molecular flexibility index (Phi) is 2.65. The molecule has 0 spiro atoms. The first-order valence-electron chi connectivity index (χ1n) is 4.51. The monoisotopic (exact) mass is 220 g/mol. The number of nitrogens with zero attached hydrogens (tertiary/aromatic N) is 2. The van der Waals surface area contributed by atoms with E-state index in [1.54, 1.807) is 12.1 Å². The van der Waals surface area contributed by atoms with Gasteiger partial charge in [-0.05, 0) is 12.1 Å². The lowest BCUT2D eigenvalue weighted by atomic mass is 10.1. The molecule has 0 radical (unpaired) electrons. The smallest absolute Gasteiger partial charge is 0.269 e. The Morgan fingerprint density at radius 3 is 2.62 bits per heavy atom. The predicted octanol–water partition coefficient (Wildman–Crippen LogP) is 1.74. The van der Waals surface area contributed by atoms with Crippen LogP contribution in [0.5, 0.6) is 0 Å². The van der Waals surface area contributed by atoms with Crippen molar-refractivity contribution in [3.8, 4) is 11.3 Å². The Morgan fingerprint density at radius 1 is 1.38 bits per heavy atom. The standard InChI is InChI=1S/C10H8N2O4/c13-5-8-6-16-11-10(8)7-1-3-9(4-2-7)12(14)15/h1-4,6,13H,5H2. The number of nitro benzene ring substituents is 1. The molecule has 0 aliphatic carbocycles. The first kappa shape index (κ1) is 10.3. The average Bonchev–Trinajstić information content (AvgIpc) is 2.77. The molecule has 82 valence electrons. The van der Waals surface area contributed by atoms with Crippen LogP contribution in [0.4, 0.5) is 5.69 Å². The number of aliphatic hydroxyl groups excluding tert-OH is 1. The summed E-state index contributed by atoms with van der Waals surface area (Å²) in [6.45, 7) is -0.185. The second-order valence-corrected chi connectivity index (χ2v) is 3.15. The van der Waals surface area contributed by atoms with Gasteiger partial charge in [0, 0.05) is 23.3 Å². The molecule has 0 aliphatic rings. The Balaban J connectivity index is 2.38. The van der Waals surface area contributed by atoms with Crippen LogP contribution >= 0.6 is 0 Å². The maximum absolute atomic E-state index is 10.5. The SMILES string of the molecule is O=[N+]([O-])c1ccc(-c2nocc2CO)cc1. The van der Waals surface area contributed by atoms with Gasteiger partial charge in [-0.2, -0.15) is 0 Å². The van der Waals surface area contributed by atoms with E-state index in [1.807, 2.05) is 0 Å². The molecule has 0 saturated heterocycles. The molecule has 1 aromatic heterocycles. The fraction of sp³-hybridized carbons (Fsp3) is 0.100. The van der Waals surface area contributed by atoms with E-state index in [0.717, 1.165) is 0 Å². The molecular formula is C10H8N2O4. The highest BCUT2D eigenvalue weighted by atomic mass is 16.6. The minimum atomic E-state index is -0.473. The molecule has 2 aromatic rings. The van der Waals surface area contributed by atoms with Crippen LogP contribution in [0.1, 0.15) is 5.56 Å². The van der Waals surface area contributed by atoms with Gasteiger partial charge in [0.25, 0.3) is 5.69 Å². The fourth-order valence-electron chi connectivity index (χ4n) is 1.35. The molecule has 16 heavy (non-hydrogen) atoms. The van der Waals surface area contributed by atoms with E-state index in [0.29, 0.717) is 16.8 Å². The van der Waals surface area contributed by atoms with Crippen LogP contribution in [0.25, 0.3) is 11.3 Å². The van der Waals surface area contributed by atoms with Crippen LogP contribution < -0.4 is 0 Å². The number of hydrogen-bond donors (Lipinski definition) is 1. The maximum Gasteiger partial charge on any atom is 0.269 e. The summed E-state index contributed by atoms with van der Waals surface area (Å²) < 4.78 is 4.72. The Labute approximate surface area is 90.3 Å². The van der Waals surface area contributed by atoms with E-state index in [1.165, 1.54) is 18.4 Å². The maximum atomic E-state index is 10.5. The predicted molar refractivity (Wildman–Crippen MR) is 54.5 cm³/mol. The third kappa shape index (κ3) is 1.78. The summed E-state index contributed by atoms with van der Waals surface area (Å²) >= 11 is 0. The first-order chi connectivity index (χ1) is 7.72. The Hall–Kier alpha value is -2.21. The highest BCUT2D eigenvalue weighted by Crippen LogP contribution is 2.24. The zero-order chi connectivity index (χ0) is 11.5. The van der Waals surface area contributed by atoms with E-state index >= 15 is 0 Å². The number of aromatic nitrogens is 1. The van der Waals surface area contributed by atoms with Gasteiger partial charge in [0.15, 0.2) is 0 Å². The second-order valence-electron chi connectivity index (χ2n) is 3.15.